The monoisotopic (exact) mass is 400 g/mol. The summed E-state index contributed by atoms with van der Waals surface area (Å²) >= 11 is 1.78. The van der Waals surface area contributed by atoms with Crippen LogP contribution in [0, 0.1) is 0 Å². The number of hydrogen-bond acceptors (Lipinski definition) is 5. The Morgan fingerprint density at radius 1 is 0.966 bits per heavy atom. The van der Waals surface area contributed by atoms with Crippen molar-refractivity contribution < 1.29 is 0 Å². The lowest BCUT2D eigenvalue weighted by Gasteiger charge is -2.32. The van der Waals surface area contributed by atoms with Crippen LogP contribution in [0.15, 0.2) is 72.9 Å². The summed E-state index contributed by atoms with van der Waals surface area (Å²) in [6, 6.07) is 23.8. The van der Waals surface area contributed by atoms with Crippen molar-refractivity contribution in [1.82, 2.24) is 14.9 Å². The topological polar surface area (TPSA) is 41.0 Å². The summed E-state index contributed by atoms with van der Waals surface area (Å²) in [4.78, 5) is 13.0. The van der Waals surface area contributed by atoms with E-state index >= 15 is 0 Å². The Labute approximate surface area is 175 Å². The number of fused-ring (bicyclic) bond motifs is 1. The van der Waals surface area contributed by atoms with Crippen LogP contribution < -0.4 is 5.32 Å². The van der Waals surface area contributed by atoms with Gasteiger partial charge in [0, 0.05) is 36.6 Å². The molecule has 1 saturated heterocycles. The number of benzene rings is 2. The third kappa shape index (κ3) is 4.31. The Kier molecular flexibility index (Phi) is 5.24. The van der Waals surface area contributed by atoms with Crippen molar-refractivity contribution in [2.45, 2.75) is 25.4 Å². The van der Waals surface area contributed by atoms with Crippen LogP contribution in [0.3, 0.4) is 0 Å². The van der Waals surface area contributed by atoms with Crippen molar-refractivity contribution in [1.29, 1.82) is 0 Å². The summed E-state index contributed by atoms with van der Waals surface area (Å²) in [5.41, 5.74) is 2.38. The van der Waals surface area contributed by atoms with Crippen molar-refractivity contribution in [3.05, 3.63) is 78.5 Å². The van der Waals surface area contributed by atoms with Crippen molar-refractivity contribution in [3.63, 3.8) is 0 Å². The predicted octanol–water partition coefficient (Wildman–Crippen LogP) is 5.43. The molecule has 0 saturated carbocycles. The largest absolute Gasteiger partial charge is 0.351 e. The van der Waals surface area contributed by atoms with E-state index in [0.717, 1.165) is 44.1 Å². The molecule has 0 aliphatic carbocycles. The molecule has 0 amide bonds. The number of hydrogen-bond donors (Lipinski definition) is 1. The fourth-order valence-corrected chi connectivity index (χ4v) is 4.97. The molecule has 2 aromatic carbocycles. The maximum Gasteiger partial charge on any atom is 0.223 e. The average molecular weight is 401 g/mol. The van der Waals surface area contributed by atoms with Crippen molar-refractivity contribution in [2.75, 3.05) is 18.4 Å². The normalized spacial score (nSPS) is 15.6. The molecular weight excluding hydrogens is 376 g/mol. The Balaban J connectivity index is 1.22. The molecule has 0 radical (unpaired) electrons. The maximum absolute atomic E-state index is 4.79. The van der Waals surface area contributed by atoms with Gasteiger partial charge in [-0.25, -0.2) is 9.97 Å². The second-order valence-electron chi connectivity index (χ2n) is 7.59. The molecule has 146 valence electrons. The molecule has 5 rings (SSSR count). The summed E-state index contributed by atoms with van der Waals surface area (Å²) in [6.45, 7) is 3.23. The molecule has 0 spiro atoms. The van der Waals surface area contributed by atoms with Gasteiger partial charge in [0.25, 0.3) is 0 Å². The van der Waals surface area contributed by atoms with E-state index in [9.17, 15) is 0 Å². The molecule has 5 heteroatoms. The number of thiophene rings is 1. The molecule has 0 atom stereocenters. The highest BCUT2D eigenvalue weighted by molar-refractivity contribution is 7.22. The number of rotatable bonds is 5. The van der Waals surface area contributed by atoms with Gasteiger partial charge in [-0.3, -0.25) is 4.90 Å². The molecule has 0 unspecified atom stereocenters. The minimum Gasteiger partial charge on any atom is -0.351 e. The summed E-state index contributed by atoms with van der Waals surface area (Å²) in [6.07, 6.45) is 4.09. The van der Waals surface area contributed by atoms with Crippen LogP contribution in [-0.2, 0) is 6.54 Å². The number of aromatic nitrogens is 2. The minimum absolute atomic E-state index is 0.430. The van der Waals surface area contributed by atoms with Gasteiger partial charge >= 0.3 is 0 Å². The lowest BCUT2D eigenvalue weighted by molar-refractivity contribution is 0.211. The van der Waals surface area contributed by atoms with Gasteiger partial charge in [0.1, 0.15) is 0 Å². The first-order chi connectivity index (χ1) is 14.3. The van der Waals surface area contributed by atoms with Crippen LogP contribution in [0.5, 0.6) is 0 Å². The molecule has 4 nitrogen and oxygen atoms in total. The van der Waals surface area contributed by atoms with Gasteiger partial charge in [-0.2, -0.15) is 0 Å². The molecule has 3 heterocycles. The van der Waals surface area contributed by atoms with Crippen molar-refractivity contribution in [3.8, 4) is 10.6 Å². The third-order valence-electron chi connectivity index (χ3n) is 5.50. The van der Waals surface area contributed by atoms with Gasteiger partial charge in [0.2, 0.25) is 5.95 Å². The molecule has 1 aliphatic rings. The fourth-order valence-electron chi connectivity index (χ4n) is 3.93. The summed E-state index contributed by atoms with van der Waals surface area (Å²) < 4.78 is 1.29. The quantitative estimate of drug-likeness (QED) is 0.485. The lowest BCUT2D eigenvalue weighted by Crippen LogP contribution is -2.38. The van der Waals surface area contributed by atoms with E-state index in [2.05, 4.69) is 75.9 Å². The molecule has 1 fully saturated rings. The molecule has 2 aromatic heterocycles. The zero-order chi connectivity index (χ0) is 19.5. The SMILES string of the molecule is c1ccc(CN2CCC(Nc3nccc(-c4cc5ccccc5s4)n3)CC2)cc1. The number of piperidine rings is 1. The first-order valence-electron chi connectivity index (χ1n) is 10.2. The molecule has 29 heavy (non-hydrogen) atoms. The fraction of sp³-hybridized carbons (Fsp3) is 0.250. The summed E-state index contributed by atoms with van der Waals surface area (Å²) in [7, 11) is 0. The van der Waals surface area contributed by atoms with Crippen LogP contribution in [0.25, 0.3) is 20.7 Å². The van der Waals surface area contributed by atoms with Crippen LogP contribution in [-0.4, -0.2) is 34.0 Å². The van der Waals surface area contributed by atoms with Gasteiger partial charge in [0.15, 0.2) is 0 Å². The Morgan fingerprint density at radius 2 is 1.76 bits per heavy atom. The molecule has 1 N–H and O–H groups in total. The number of likely N-dealkylation sites (tertiary alicyclic amines) is 1. The molecule has 4 aromatic rings. The zero-order valence-electron chi connectivity index (χ0n) is 16.3. The van der Waals surface area contributed by atoms with Gasteiger partial charge in [0.05, 0.1) is 10.6 Å². The van der Waals surface area contributed by atoms with E-state index in [1.54, 1.807) is 11.3 Å². The number of anilines is 1. The Hall–Kier alpha value is -2.76. The van der Waals surface area contributed by atoms with E-state index in [-0.39, 0.29) is 0 Å². The second-order valence-corrected chi connectivity index (χ2v) is 8.68. The van der Waals surface area contributed by atoms with Gasteiger partial charge in [-0.1, -0.05) is 48.5 Å². The first-order valence-corrected chi connectivity index (χ1v) is 11.0. The van der Waals surface area contributed by atoms with Crippen LogP contribution >= 0.6 is 11.3 Å². The third-order valence-corrected chi connectivity index (χ3v) is 6.64. The highest BCUT2D eigenvalue weighted by Crippen LogP contribution is 2.32. The Bertz CT molecular complexity index is 1050. The van der Waals surface area contributed by atoms with Crippen LogP contribution in [0.1, 0.15) is 18.4 Å². The predicted molar refractivity (Wildman–Crippen MR) is 121 cm³/mol. The lowest BCUT2D eigenvalue weighted by atomic mass is 10.0. The van der Waals surface area contributed by atoms with Crippen LogP contribution in [0.2, 0.25) is 0 Å². The minimum atomic E-state index is 0.430. The average Bonchev–Trinajstić information content (AvgIpc) is 3.21. The van der Waals surface area contributed by atoms with E-state index in [4.69, 9.17) is 4.98 Å². The van der Waals surface area contributed by atoms with E-state index < -0.39 is 0 Å². The van der Waals surface area contributed by atoms with Gasteiger partial charge < -0.3 is 5.32 Å². The smallest absolute Gasteiger partial charge is 0.223 e. The molecular formula is C24H24N4S. The number of nitrogens with one attached hydrogen (secondary N) is 1. The van der Waals surface area contributed by atoms with Crippen molar-refractivity contribution in [2.24, 2.45) is 0 Å². The maximum atomic E-state index is 4.79. The molecule has 0 bridgehead atoms. The van der Waals surface area contributed by atoms with Crippen LogP contribution in [0.4, 0.5) is 5.95 Å². The second kappa shape index (κ2) is 8.31. The Morgan fingerprint density at radius 3 is 2.59 bits per heavy atom. The molecule has 1 aliphatic heterocycles. The zero-order valence-corrected chi connectivity index (χ0v) is 17.1. The summed E-state index contributed by atoms with van der Waals surface area (Å²) in [5.74, 6) is 0.737. The highest BCUT2D eigenvalue weighted by atomic mass is 32.1. The van der Waals surface area contributed by atoms with Gasteiger partial charge in [-0.15, -0.1) is 11.3 Å². The highest BCUT2D eigenvalue weighted by Gasteiger charge is 2.20. The van der Waals surface area contributed by atoms with E-state index in [1.807, 2.05) is 12.3 Å². The first kappa shape index (κ1) is 18.3. The van der Waals surface area contributed by atoms with E-state index in [1.165, 1.54) is 20.5 Å². The van der Waals surface area contributed by atoms with Gasteiger partial charge in [-0.05, 0) is 42.0 Å². The standard InChI is InChI=1S/C24H24N4S/c1-2-6-18(7-3-1)17-28-14-11-20(12-15-28)26-24-25-13-10-21(27-24)23-16-19-8-4-5-9-22(19)29-23/h1-10,13,16,20H,11-12,14-15,17H2,(H,25,26,27). The summed E-state index contributed by atoms with van der Waals surface area (Å²) in [5, 5.41) is 4.83. The number of nitrogens with zero attached hydrogens (tertiary/aromatic N) is 3. The van der Waals surface area contributed by atoms with E-state index in [0.29, 0.717) is 6.04 Å². The van der Waals surface area contributed by atoms with Crippen molar-refractivity contribution >= 4 is 27.4 Å².